The predicted octanol–water partition coefficient (Wildman–Crippen LogP) is 6.28. The number of nitrogens with two attached hydrogens (primary N) is 1. The van der Waals surface area contributed by atoms with Crippen LogP contribution in [0.15, 0.2) is 112 Å². The van der Waals surface area contributed by atoms with Gasteiger partial charge in [0, 0.05) is 71.8 Å². The second-order valence-electron chi connectivity index (χ2n) is 14.8. The third-order valence-corrected chi connectivity index (χ3v) is 13.2. The fourth-order valence-corrected chi connectivity index (χ4v) is 9.44. The number of hydrogen-bond donors (Lipinski definition) is 4. The Labute approximate surface area is 346 Å². The van der Waals surface area contributed by atoms with Gasteiger partial charge in [0.2, 0.25) is 0 Å². The van der Waals surface area contributed by atoms with E-state index in [0.717, 1.165) is 85.4 Å². The lowest BCUT2D eigenvalue weighted by atomic mass is 9.95. The normalized spacial score (nSPS) is 15.8. The van der Waals surface area contributed by atoms with E-state index < -0.39 is 15.9 Å². The number of piperazine rings is 1. The van der Waals surface area contributed by atoms with Crippen LogP contribution in [0.5, 0.6) is 0 Å². The standard InChI is InChI=1S/C43H53ClN6O4S2.H2O/c1-48(2)24-23-36(31-55-38-10-6-4-7-11-38)45-41-22-21-39(29-42(41)46-52)56(53,54)47-43(51)33-15-19-37(20-16-33)50-27-25-49(26-28-50)30-34-9-5-3-8-12-40(34)32-13-17-35(44)18-14-32;/h4,6-7,10-11,13-22,29,36,45-46,52H,3,5,8-9,12,23-28,30-31H2,1-2H3,(H,47,51);1H2/p+1/t36-;/m1./s1. The molecule has 1 atom stereocenters. The molecule has 1 saturated heterocycles. The summed E-state index contributed by atoms with van der Waals surface area (Å²) in [5, 5.41) is 14.4. The third kappa shape index (κ3) is 12.5. The monoisotopic (exact) mass is 835 g/mol. The molecule has 1 aliphatic heterocycles. The summed E-state index contributed by atoms with van der Waals surface area (Å²) >= 11 is 7.92. The zero-order valence-electron chi connectivity index (χ0n) is 32.8. The number of allylic oxidation sites excluding steroid dienone is 1. The number of amides is 1. The number of nitrogens with zero attached hydrogens (tertiary/aromatic N) is 3. The van der Waals surface area contributed by atoms with Crippen LogP contribution in [0.4, 0.5) is 17.1 Å². The largest absolute Gasteiger partial charge is 0.412 e. The second-order valence-corrected chi connectivity index (χ2v) is 18.0. The molecule has 1 amide bonds. The number of sulfonamides is 1. The maximum Gasteiger partial charge on any atom is 0.264 e. The van der Waals surface area contributed by atoms with E-state index in [-0.39, 0.29) is 22.0 Å². The summed E-state index contributed by atoms with van der Waals surface area (Å²) in [5.41, 5.74) is 7.37. The molecular formula is C43H56ClN6O5S2+. The minimum Gasteiger partial charge on any atom is -0.412 e. The molecule has 0 bridgehead atoms. The van der Waals surface area contributed by atoms with Gasteiger partial charge in [0.05, 0.1) is 10.6 Å². The molecule has 0 spiro atoms. The molecule has 4 aromatic carbocycles. The summed E-state index contributed by atoms with van der Waals surface area (Å²) in [6.07, 6.45) is 6.79. The van der Waals surface area contributed by atoms with Crippen LogP contribution in [0, 0.1) is 0 Å². The number of nitrogens with one attached hydrogen (secondary N) is 2. The smallest absolute Gasteiger partial charge is 0.264 e. The molecule has 14 heteroatoms. The highest BCUT2D eigenvalue weighted by Crippen LogP contribution is 2.33. The van der Waals surface area contributed by atoms with Crippen LogP contribution in [0.25, 0.3) is 5.57 Å². The first-order valence-electron chi connectivity index (χ1n) is 19.4. The maximum absolute atomic E-state index is 13.4. The van der Waals surface area contributed by atoms with Crippen LogP contribution >= 0.6 is 23.4 Å². The van der Waals surface area contributed by atoms with E-state index in [0.29, 0.717) is 11.4 Å². The summed E-state index contributed by atoms with van der Waals surface area (Å²) in [7, 11) is -0.178. The van der Waals surface area contributed by atoms with E-state index in [1.165, 1.54) is 42.5 Å². The van der Waals surface area contributed by atoms with E-state index in [1.54, 1.807) is 35.5 Å². The SMILES string of the molecule is CN(C)CC[C@H](CSc1ccccc1)Nc1ccc(S(=O)(=O)NC(=O)c2ccc(N3CCN(CC4=C(c5ccc(Cl)cc5)CCCCC4)CC3)cc2)cc1[NH2+]O.O. The van der Waals surface area contributed by atoms with Gasteiger partial charge in [-0.05, 0) is 125 Å². The number of anilines is 2. The number of thioether (sulfide) groups is 1. The molecule has 2 aliphatic rings. The zero-order chi connectivity index (χ0) is 39.5. The van der Waals surface area contributed by atoms with Crippen molar-refractivity contribution in [2.24, 2.45) is 0 Å². The van der Waals surface area contributed by atoms with Gasteiger partial charge < -0.3 is 20.6 Å². The topological polar surface area (TPSA) is 153 Å². The lowest BCUT2D eigenvalue weighted by Gasteiger charge is -2.37. The first-order valence-corrected chi connectivity index (χ1v) is 22.2. The Kier molecular flexibility index (Phi) is 16.4. The maximum atomic E-state index is 13.4. The molecule has 11 nitrogen and oxygen atoms in total. The van der Waals surface area contributed by atoms with E-state index in [2.05, 4.69) is 49.0 Å². The minimum atomic E-state index is -4.22. The minimum absolute atomic E-state index is 0. The van der Waals surface area contributed by atoms with Gasteiger partial charge in [-0.1, -0.05) is 53.9 Å². The van der Waals surface area contributed by atoms with Crippen LogP contribution < -0.4 is 20.4 Å². The average molecular weight is 837 g/mol. The van der Waals surface area contributed by atoms with Gasteiger partial charge in [-0.2, -0.15) is 5.48 Å². The molecule has 1 heterocycles. The fraction of sp³-hybridized carbons (Fsp3) is 0.372. The summed E-state index contributed by atoms with van der Waals surface area (Å²) < 4.78 is 29.0. The van der Waals surface area contributed by atoms with Crippen molar-refractivity contribution in [2.45, 2.75) is 54.4 Å². The Hall–Kier alpha value is -3.92. The van der Waals surface area contributed by atoms with Gasteiger partial charge in [-0.3, -0.25) is 9.69 Å². The van der Waals surface area contributed by atoms with E-state index in [4.69, 9.17) is 11.6 Å². The molecule has 57 heavy (non-hydrogen) atoms. The van der Waals surface area contributed by atoms with Crippen molar-refractivity contribution in [3.05, 3.63) is 119 Å². The molecular weight excluding hydrogens is 780 g/mol. The summed E-state index contributed by atoms with van der Waals surface area (Å²) in [5.74, 6) is 0.0618. The van der Waals surface area contributed by atoms with Crippen molar-refractivity contribution in [1.29, 1.82) is 0 Å². The van der Waals surface area contributed by atoms with Crippen molar-refractivity contribution in [3.63, 3.8) is 0 Å². The first kappa shape index (κ1) is 44.2. The Balaban J connectivity index is 0.00000620. The van der Waals surface area contributed by atoms with Crippen LogP contribution in [0.3, 0.4) is 0 Å². The molecule has 4 aromatic rings. The van der Waals surface area contributed by atoms with Crippen molar-refractivity contribution < 1.29 is 29.4 Å². The molecule has 1 fully saturated rings. The van der Waals surface area contributed by atoms with Gasteiger partial charge in [-0.25, -0.2) is 18.3 Å². The lowest BCUT2D eigenvalue weighted by Crippen LogP contribution is -2.74. The molecule has 0 radical (unpaired) electrons. The highest BCUT2D eigenvalue weighted by Gasteiger charge is 2.24. The Morgan fingerprint density at radius 1 is 0.912 bits per heavy atom. The average Bonchev–Trinajstić information content (AvgIpc) is 3.45. The Morgan fingerprint density at radius 2 is 1.61 bits per heavy atom. The van der Waals surface area contributed by atoms with Crippen molar-refractivity contribution in [1.82, 2.24) is 14.5 Å². The molecule has 306 valence electrons. The van der Waals surface area contributed by atoms with Gasteiger partial charge >= 0.3 is 0 Å². The van der Waals surface area contributed by atoms with Crippen LogP contribution in [-0.2, 0) is 10.0 Å². The highest BCUT2D eigenvalue weighted by molar-refractivity contribution is 7.99. The number of carbonyl (C=O) groups excluding carboxylic acids is 1. The van der Waals surface area contributed by atoms with Crippen LogP contribution in [0.2, 0.25) is 5.02 Å². The van der Waals surface area contributed by atoms with Crippen molar-refractivity contribution in [3.8, 4) is 0 Å². The Bertz CT molecular complexity index is 2040. The van der Waals surface area contributed by atoms with Crippen molar-refractivity contribution >= 4 is 61.9 Å². The summed E-state index contributed by atoms with van der Waals surface area (Å²) in [6.45, 7) is 5.42. The van der Waals surface area contributed by atoms with E-state index >= 15 is 0 Å². The first-order chi connectivity index (χ1) is 27.1. The van der Waals surface area contributed by atoms with Crippen LogP contribution in [-0.4, -0.2) is 100.0 Å². The number of benzene rings is 4. The lowest BCUT2D eigenvalue weighted by molar-refractivity contribution is -0.825. The zero-order valence-corrected chi connectivity index (χ0v) is 35.2. The van der Waals surface area contributed by atoms with Crippen molar-refractivity contribution in [2.75, 3.05) is 69.3 Å². The van der Waals surface area contributed by atoms with E-state index in [1.807, 2.05) is 56.6 Å². The molecule has 6 rings (SSSR count). The van der Waals surface area contributed by atoms with Gasteiger partial charge in [-0.15, -0.1) is 11.8 Å². The number of hydrogen-bond acceptors (Lipinski definition) is 9. The molecule has 0 saturated carbocycles. The number of quaternary nitrogens is 1. The van der Waals surface area contributed by atoms with Gasteiger partial charge in [0.25, 0.3) is 15.9 Å². The van der Waals surface area contributed by atoms with Gasteiger partial charge in [0.15, 0.2) is 5.69 Å². The second kappa shape index (κ2) is 21.2. The van der Waals surface area contributed by atoms with Gasteiger partial charge in [0.1, 0.15) is 0 Å². The molecule has 0 unspecified atom stereocenters. The summed E-state index contributed by atoms with van der Waals surface area (Å²) in [4.78, 5) is 21.2. The quantitative estimate of drug-likeness (QED) is 0.0581. The summed E-state index contributed by atoms with van der Waals surface area (Å²) in [6, 6.07) is 30.0. The third-order valence-electron chi connectivity index (χ3n) is 10.5. The number of rotatable bonds is 16. The van der Waals surface area contributed by atoms with Crippen LogP contribution in [0.1, 0.15) is 54.4 Å². The molecule has 0 aromatic heterocycles. The van der Waals surface area contributed by atoms with E-state index in [9.17, 15) is 18.4 Å². The Morgan fingerprint density at radius 3 is 2.30 bits per heavy atom. The molecule has 7 N–H and O–H groups in total. The molecule has 1 aliphatic carbocycles. The fourth-order valence-electron chi connectivity index (χ4n) is 7.31. The highest BCUT2D eigenvalue weighted by atomic mass is 35.5. The predicted molar refractivity (Wildman–Crippen MR) is 232 cm³/mol. The number of carbonyl (C=O) groups is 1. The number of halogens is 1.